The molecule has 1 amide bonds. The Morgan fingerprint density at radius 2 is 2.24 bits per heavy atom. The molecular formula is C17H25BrN2O. The first-order valence-electron chi connectivity index (χ1n) is 7.86. The highest BCUT2D eigenvalue weighted by Crippen LogP contribution is 2.17. The molecule has 0 radical (unpaired) electrons. The minimum atomic E-state index is 0.0282. The molecule has 0 bridgehead atoms. The molecule has 4 heteroatoms. The van der Waals surface area contributed by atoms with Gasteiger partial charge in [-0.15, -0.1) is 0 Å². The number of benzene rings is 1. The fourth-order valence-electron chi connectivity index (χ4n) is 2.91. The van der Waals surface area contributed by atoms with E-state index in [2.05, 4.69) is 33.1 Å². The zero-order valence-corrected chi connectivity index (χ0v) is 14.6. The van der Waals surface area contributed by atoms with Crippen molar-refractivity contribution < 1.29 is 4.79 Å². The van der Waals surface area contributed by atoms with Crippen molar-refractivity contribution in [2.24, 2.45) is 0 Å². The van der Waals surface area contributed by atoms with Crippen LogP contribution in [-0.2, 0) is 0 Å². The van der Waals surface area contributed by atoms with E-state index < -0.39 is 0 Å². The maximum atomic E-state index is 12.2. The number of halogens is 1. The Morgan fingerprint density at radius 3 is 3.00 bits per heavy atom. The number of carbonyl (C=O) groups excluding carboxylic acids is 1. The van der Waals surface area contributed by atoms with Gasteiger partial charge in [-0.25, -0.2) is 0 Å². The molecule has 3 nitrogen and oxygen atoms in total. The molecule has 0 saturated carbocycles. The van der Waals surface area contributed by atoms with Gasteiger partial charge in [0.05, 0.1) is 0 Å². The molecule has 1 saturated heterocycles. The number of nitrogens with one attached hydrogen (secondary N) is 1. The van der Waals surface area contributed by atoms with Crippen LogP contribution in [-0.4, -0.2) is 36.5 Å². The van der Waals surface area contributed by atoms with Crippen molar-refractivity contribution in [3.63, 3.8) is 0 Å². The van der Waals surface area contributed by atoms with Crippen LogP contribution in [0.2, 0.25) is 0 Å². The molecule has 1 N–H and O–H groups in total. The lowest BCUT2D eigenvalue weighted by atomic mass is 10.0. The van der Waals surface area contributed by atoms with Gasteiger partial charge in [-0.05, 0) is 57.4 Å². The van der Waals surface area contributed by atoms with Crippen molar-refractivity contribution in [1.82, 2.24) is 10.2 Å². The first-order chi connectivity index (χ1) is 10.1. The fourth-order valence-corrected chi connectivity index (χ4v) is 3.27. The third kappa shape index (κ3) is 4.82. The van der Waals surface area contributed by atoms with Crippen LogP contribution in [0.4, 0.5) is 0 Å². The van der Waals surface area contributed by atoms with Crippen molar-refractivity contribution in [2.45, 2.75) is 45.6 Å². The molecule has 1 aromatic carbocycles. The van der Waals surface area contributed by atoms with E-state index >= 15 is 0 Å². The maximum Gasteiger partial charge on any atom is 0.251 e. The number of aryl methyl sites for hydroxylation is 1. The van der Waals surface area contributed by atoms with Crippen LogP contribution in [0.15, 0.2) is 22.7 Å². The molecule has 1 aromatic rings. The fraction of sp³-hybridized carbons (Fsp3) is 0.588. The van der Waals surface area contributed by atoms with Crippen molar-refractivity contribution in [3.05, 3.63) is 33.8 Å². The highest BCUT2D eigenvalue weighted by Gasteiger charge is 2.17. The van der Waals surface area contributed by atoms with Gasteiger partial charge < -0.3 is 10.2 Å². The van der Waals surface area contributed by atoms with Gasteiger partial charge >= 0.3 is 0 Å². The minimum absolute atomic E-state index is 0.0282. The topological polar surface area (TPSA) is 32.3 Å². The molecule has 1 fully saturated rings. The van der Waals surface area contributed by atoms with E-state index in [0.717, 1.165) is 35.1 Å². The summed E-state index contributed by atoms with van der Waals surface area (Å²) in [4.78, 5) is 14.7. The Hall–Kier alpha value is -0.870. The lowest BCUT2D eigenvalue weighted by molar-refractivity contribution is 0.0948. The van der Waals surface area contributed by atoms with Crippen LogP contribution in [0.1, 0.15) is 48.5 Å². The number of carbonyl (C=O) groups is 1. The number of amides is 1. The summed E-state index contributed by atoms with van der Waals surface area (Å²) in [6, 6.07) is 6.51. The first-order valence-corrected chi connectivity index (χ1v) is 8.65. The van der Waals surface area contributed by atoms with Crippen LogP contribution in [0, 0.1) is 6.92 Å². The SMILES string of the molecule is Cc1ccc(Br)cc1C(=O)NCCCN1CCCCC1C. The highest BCUT2D eigenvalue weighted by molar-refractivity contribution is 9.10. The summed E-state index contributed by atoms with van der Waals surface area (Å²) in [6.45, 7) is 7.31. The smallest absolute Gasteiger partial charge is 0.251 e. The second-order valence-electron chi connectivity index (χ2n) is 5.95. The van der Waals surface area contributed by atoms with E-state index in [1.165, 1.54) is 25.8 Å². The molecule has 1 aliphatic heterocycles. The number of piperidine rings is 1. The summed E-state index contributed by atoms with van der Waals surface area (Å²) in [6.07, 6.45) is 5.00. The quantitative estimate of drug-likeness (QED) is 0.818. The van der Waals surface area contributed by atoms with Crippen molar-refractivity contribution >= 4 is 21.8 Å². The van der Waals surface area contributed by atoms with Crippen LogP contribution in [0.25, 0.3) is 0 Å². The lowest BCUT2D eigenvalue weighted by Crippen LogP contribution is -2.39. The number of nitrogens with zero attached hydrogens (tertiary/aromatic N) is 1. The van der Waals surface area contributed by atoms with Crippen LogP contribution in [0.5, 0.6) is 0 Å². The maximum absolute atomic E-state index is 12.2. The highest BCUT2D eigenvalue weighted by atomic mass is 79.9. The van der Waals surface area contributed by atoms with Crippen LogP contribution >= 0.6 is 15.9 Å². The Labute approximate surface area is 136 Å². The monoisotopic (exact) mass is 352 g/mol. The Kier molecular flexibility index (Phi) is 6.24. The summed E-state index contributed by atoms with van der Waals surface area (Å²) in [5.74, 6) is 0.0282. The molecule has 116 valence electrons. The predicted octanol–water partition coefficient (Wildman–Crippen LogP) is 3.75. The molecule has 21 heavy (non-hydrogen) atoms. The standard InChI is InChI=1S/C17H25BrN2O/c1-13-7-8-15(18)12-16(13)17(21)19-9-5-11-20-10-4-3-6-14(20)2/h7-8,12,14H,3-6,9-11H2,1-2H3,(H,19,21). The summed E-state index contributed by atoms with van der Waals surface area (Å²) in [5.41, 5.74) is 1.77. The minimum Gasteiger partial charge on any atom is -0.352 e. The molecule has 1 atom stereocenters. The van der Waals surface area contributed by atoms with Crippen molar-refractivity contribution in [3.8, 4) is 0 Å². The average Bonchev–Trinajstić information content (AvgIpc) is 2.47. The van der Waals surface area contributed by atoms with E-state index in [4.69, 9.17) is 0 Å². The van der Waals surface area contributed by atoms with Crippen molar-refractivity contribution in [2.75, 3.05) is 19.6 Å². The summed E-state index contributed by atoms with van der Waals surface area (Å²) < 4.78 is 0.945. The molecule has 1 unspecified atom stereocenters. The molecule has 0 aromatic heterocycles. The van der Waals surface area contributed by atoms with E-state index in [9.17, 15) is 4.79 Å². The van der Waals surface area contributed by atoms with E-state index in [0.29, 0.717) is 6.04 Å². The molecular weight excluding hydrogens is 328 g/mol. The average molecular weight is 353 g/mol. The van der Waals surface area contributed by atoms with Gasteiger partial charge in [-0.2, -0.15) is 0 Å². The van der Waals surface area contributed by atoms with Gasteiger partial charge in [0.25, 0.3) is 5.91 Å². The molecule has 1 aliphatic rings. The number of rotatable bonds is 5. The third-order valence-corrected chi connectivity index (χ3v) is 4.79. The summed E-state index contributed by atoms with van der Waals surface area (Å²) in [7, 11) is 0. The largest absolute Gasteiger partial charge is 0.352 e. The van der Waals surface area contributed by atoms with E-state index in [1.54, 1.807) is 0 Å². The van der Waals surface area contributed by atoms with E-state index in [-0.39, 0.29) is 5.91 Å². The zero-order valence-electron chi connectivity index (χ0n) is 13.0. The van der Waals surface area contributed by atoms with Gasteiger partial charge in [0.15, 0.2) is 0 Å². The Morgan fingerprint density at radius 1 is 1.43 bits per heavy atom. The number of hydrogen-bond acceptors (Lipinski definition) is 2. The summed E-state index contributed by atoms with van der Waals surface area (Å²) >= 11 is 3.42. The van der Waals surface area contributed by atoms with E-state index in [1.807, 2.05) is 25.1 Å². The molecule has 2 rings (SSSR count). The normalized spacial score (nSPS) is 19.5. The third-order valence-electron chi connectivity index (χ3n) is 4.29. The van der Waals surface area contributed by atoms with Gasteiger partial charge in [-0.3, -0.25) is 4.79 Å². The second-order valence-corrected chi connectivity index (χ2v) is 6.87. The first kappa shape index (κ1) is 16.5. The number of hydrogen-bond donors (Lipinski definition) is 1. The lowest BCUT2D eigenvalue weighted by Gasteiger charge is -2.33. The van der Waals surface area contributed by atoms with Crippen LogP contribution in [0.3, 0.4) is 0 Å². The molecule has 0 aliphatic carbocycles. The Balaban J connectivity index is 1.75. The number of likely N-dealkylation sites (tertiary alicyclic amines) is 1. The predicted molar refractivity (Wildman–Crippen MR) is 90.7 cm³/mol. The zero-order chi connectivity index (χ0) is 15.2. The molecule has 1 heterocycles. The van der Waals surface area contributed by atoms with Gasteiger partial charge in [0.1, 0.15) is 0 Å². The van der Waals surface area contributed by atoms with Crippen molar-refractivity contribution in [1.29, 1.82) is 0 Å². The molecule has 0 spiro atoms. The summed E-state index contributed by atoms with van der Waals surface area (Å²) in [5, 5.41) is 3.03. The van der Waals surface area contributed by atoms with Gasteiger partial charge in [-0.1, -0.05) is 28.4 Å². The van der Waals surface area contributed by atoms with Gasteiger partial charge in [0.2, 0.25) is 0 Å². The second kappa shape index (κ2) is 7.95. The Bertz CT molecular complexity index is 490. The van der Waals surface area contributed by atoms with Gasteiger partial charge in [0, 0.05) is 29.2 Å². The van der Waals surface area contributed by atoms with Crippen LogP contribution < -0.4 is 5.32 Å².